The Hall–Kier alpha value is -2.32. The van der Waals surface area contributed by atoms with E-state index in [0.29, 0.717) is 5.56 Å². The molecule has 1 aromatic heterocycles. The molecule has 1 heterocycles. The van der Waals surface area contributed by atoms with Crippen LogP contribution in [0.3, 0.4) is 0 Å². The van der Waals surface area contributed by atoms with Crippen molar-refractivity contribution in [3.63, 3.8) is 0 Å². The maximum atomic E-state index is 12.5. The molecule has 0 fully saturated rings. The molecule has 116 valence electrons. The number of hydrogen-bond acceptors (Lipinski definition) is 5. The van der Waals surface area contributed by atoms with E-state index in [1.54, 1.807) is 38.4 Å². The zero-order valence-electron chi connectivity index (χ0n) is 12.1. The predicted molar refractivity (Wildman–Crippen MR) is 80.8 cm³/mol. The fraction of sp³-hybridized carbons (Fsp3) is 0.214. The van der Waals surface area contributed by atoms with E-state index in [4.69, 9.17) is 0 Å². The predicted octanol–water partition coefficient (Wildman–Crippen LogP) is 2.34. The van der Waals surface area contributed by atoms with Crippen LogP contribution in [0, 0.1) is 17.0 Å². The number of hydrogen-bond donors (Lipinski definition) is 1. The summed E-state index contributed by atoms with van der Waals surface area (Å²) in [6, 6.07) is 6.69. The third kappa shape index (κ3) is 3.46. The third-order valence-electron chi connectivity index (χ3n) is 3.21. The maximum Gasteiger partial charge on any atom is 0.270 e. The van der Waals surface area contributed by atoms with Crippen molar-refractivity contribution in [2.24, 2.45) is 0 Å². The molecule has 1 N–H and O–H groups in total. The number of non-ortho nitro benzene ring substituents is 1. The van der Waals surface area contributed by atoms with Crippen molar-refractivity contribution >= 4 is 15.7 Å². The molecule has 1 aromatic carbocycles. The Morgan fingerprint density at radius 1 is 1.23 bits per heavy atom. The van der Waals surface area contributed by atoms with Gasteiger partial charge in [0.2, 0.25) is 10.0 Å². The van der Waals surface area contributed by atoms with Gasteiger partial charge in [0.1, 0.15) is 0 Å². The van der Waals surface area contributed by atoms with Crippen LogP contribution in [0.4, 0.5) is 5.69 Å². The van der Waals surface area contributed by atoms with E-state index in [1.165, 1.54) is 12.1 Å². The molecule has 2 rings (SSSR count). The molecule has 1 atom stereocenters. The van der Waals surface area contributed by atoms with Crippen molar-refractivity contribution in [2.75, 3.05) is 0 Å². The van der Waals surface area contributed by atoms with Crippen molar-refractivity contribution < 1.29 is 13.3 Å². The average molecular weight is 321 g/mol. The first-order chi connectivity index (χ1) is 10.3. The number of pyridine rings is 1. The molecule has 8 heteroatoms. The van der Waals surface area contributed by atoms with Gasteiger partial charge in [0.25, 0.3) is 5.69 Å². The van der Waals surface area contributed by atoms with E-state index in [-0.39, 0.29) is 10.6 Å². The van der Waals surface area contributed by atoms with Gasteiger partial charge in [0.05, 0.1) is 9.82 Å². The summed E-state index contributed by atoms with van der Waals surface area (Å²) in [5.41, 5.74) is 0.934. The van der Waals surface area contributed by atoms with Crippen molar-refractivity contribution in [3.05, 3.63) is 64.0 Å². The average Bonchev–Trinajstić information content (AvgIpc) is 2.47. The van der Waals surface area contributed by atoms with Crippen LogP contribution in [0.25, 0.3) is 0 Å². The molecule has 0 unspecified atom stereocenters. The van der Waals surface area contributed by atoms with Gasteiger partial charge in [0.15, 0.2) is 0 Å². The van der Waals surface area contributed by atoms with Crippen LogP contribution < -0.4 is 4.72 Å². The molecule has 2 aromatic rings. The molecule has 0 saturated carbocycles. The fourth-order valence-corrected chi connectivity index (χ4v) is 3.50. The summed E-state index contributed by atoms with van der Waals surface area (Å²) in [7, 11) is -3.87. The minimum absolute atomic E-state index is 0.0948. The van der Waals surface area contributed by atoms with Crippen molar-refractivity contribution in [1.82, 2.24) is 9.71 Å². The minimum Gasteiger partial charge on any atom is -0.265 e. The van der Waals surface area contributed by atoms with Crippen LogP contribution in [0.15, 0.2) is 47.6 Å². The van der Waals surface area contributed by atoms with Crippen LogP contribution in [0.5, 0.6) is 0 Å². The Kier molecular flexibility index (Phi) is 4.53. The number of sulfonamides is 1. The lowest BCUT2D eigenvalue weighted by Crippen LogP contribution is -2.27. The van der Waals surface area contributed by atoms with E-state index in [1.807, 2.05) is 0 Å². The molecule has 0 spiro atoms. The van der Waals surface area contributed by atoms with E-state index in [0.717, 1.165) is 11.6 Å². The molecule has 0 bridgehead atoms. The molecule has 22 heavy (non-hydrogen) atoms. The van der Waals surface area contributed by atoms with Crippen molar-refractivity contribution in [2.45, 2.75) is 24.8 Å². The highest BCUT2D eigenvalue weighted by Gasteiger charge is 2.22. The topological polar surface area (TPSA) is 102 Å². The second-order valence-electron chi connectivity index (χ2n) is 4.83. The van der Waals surface area contributed by atoms with Crippen LogP contribution in [0.2, 0.25) is 0 Å². The van der Waals surface area contributed by atoms with Gasteiger partial charge in [0, 0.05) is 30.6 Å². The van der Waals surface area contributed by atoms with Gasteiger partial charge in [-0.15, -0.1) is 0 Å². The Bertz CT molecular complexity index is 791. The van der Waals surface area contributed by atoms with Crippen LogP contribution in [-0.2, 0) is 10.0 Å². The summed E-state index contributed by atoms with van der Waals surface area (Å²) in [5.74, 6) is 0. The Balaban J connectivity index is 2.35. The highest BCUT2D eigenvalue weighted by atomic mass is 32.2. The summed E-state index contributed by atoms with van der Waals surface area (Å²) in [6.07, 6.45) is 3.14. The van der Waals surface area contributed by atoms with Crippen LogP contribution >= 0.6 is 0 Å². The lowest BCUT2D eigenvalue weighted by Gasteiger charge is -2.15. The first-order valence-electron chi connectivity index (χ1n) is 6.48. The Morgan fingerprint density at radius 3 is 2.45 bits per heavy atom. The quantitative estimate of drug-likeness (QED) is 0.672. The number of nitrogens with one attached hydrogen (secondary N) is 1. The van der Waals surface area contributed by atoms with E-state index in [9.17, 15) is 18.5 Å². The number of nitro benzene ring substituents is 1. The second kappa shape index (κ2) is 6.20. The number of aryl methyl sites for hydroxylation is 1. The monoisotopic (exact) mass is 321 g/mol. The van der Waals surface area contributed by atoms with Gasteiger partial charge < -0.3 is 0 Å². The Labute approximate surface area is 128 Å². The van der Waals surface area contributed by atoms with Gasteiger partial charge in [-0.3, -0.25) is 15.1 Å². The molecule has 7 nitrogen and oxygen atoms in total. The smallest absolute Gasteiger partial charge is 0.265 e. The number of nitro groups is 1. The first kappa shape index (κ1) is 16.1. The van der Waals surface area contributed by atoms with E-state index in [2.05, 4.69) is 9.71 Å². The van der Waals surface area contributed by atoms with Gasteiger partial charge in [-0.1, -0.05) is 6.07 Å². The normalized spacial score (nSPS) is 12.8. The molecule has 0 radical (unpaired) electrons. The summed E-state index contributed by atoms with van der Waals surface area (Å²) in [4.78, 5) is 14.0. The molecule has 0 saturated heterocycles. The largest absolute Gasteiger partial charge is 0.270 e. The molecule has 0 amide bonds. The molecule has 0 aliphatic heterocycles. The summed E-state index contributed by atoms with van der Waals surface area (Å²) < 4.78 is 27.4. The molecular weight excluding hydrogens is 306 g/mol. The number of rotatable bonds is 5. The summed E-state index contributed by atoms with van der Waals surface area (Å²) in [6.45, 7) is 3.29. The van der Waals surface area contributed by atoms with Gasteiger partial charge in [-0.2, -0.15) is 0 Å². The highest BCUT2D eigenvalue weighted by molar-refractivity contribution is 7.89. The molecule has 0 aliphatic carbocycles. The SMILES string of the molecule is Cc1ccc([N+](=O)[O-])cc1S(=O)(=O)N[C@@H](C)c1ccncc1. The van der Waals surface area contributed by atoms with Crippen LogP contribution in [0.1, 0.15) is 24.1 Å². The van der Waals surface area contributed by atoms with Crippen LogP contribution in [-0.4, -0.2) is 18.3 Å². The van der Waals surface area contributed by atoms with Crippen molar-refractivity contribution in [3.8, 4) is 0 Å². The lowest BCUT2D eigenvalue weighted by molar-refractivity contribution is -0.385. The second-order valence-corrected chi connectivity index (χ2v) is 6.51. The lowest BCUT2D eigenvalue weighted by atomic mass is 10.1. The molecular formula is C14H15N3O4S. The van der Waals surface area contributed by atoms with Gasteiger partial charge in [-0.25, -0.2) is 13.1 Å². The summed E-state index contributed by atoms with van der Waals surface area (Å²) in [5, 5.41) is 10.8. The Morgan fingerprint density at radius 2 is 1.86 bits per heavy atom. The number of aromatic nitrogens is 1. The third-order valence-corrected chi connectivity index (χ3v) is 4.89. The van der Waals surface area contributed by atoms with E-state index < -0.39 is 21.0 Å². The zero-order valence-corrected chi connectivity index (χ0v) is 12.9. The minimum atomic E-state index is -3.87. The molecule has 0 aliphatic rings. The van der Waals surface area contributed by atoms with Gasteiger partial charge >= 0.3 is 0 Å². The maximum absolute atomic E-state index is 12.5. The van der Waals surface area contributed by atoms with Gasteiger partial charge in [-0.05, 0) is 37.1 Å². The number of benzene rings is 1. The first-order valence-corrected chi connectivity index (χ1v) is 7.97. The highest BCUT2D eigenvalue weighted by Crippen LogP contribution is 2.23. The standard InChI is InChI=1S/C14H15N3O4S/c1-10-3-4-13(17(18)19)9-14(10)22(20,21)16-11(2)12-5-7-15-8-6-12/h3-9,11,16H,1-2H3/t11-/m0/s1. The van der Waals surface area contributed by atoms with E-state index >= 15 is 0 Å². The van der Waals surface area contributed by atoms with Crippen molar-refractivity contribution in [1.29, 1.82) is 0 Å². The fourth-order valence-electron chi connectivity index (χ4n) is 2.01. The number of nitrogens with zero attached hydrogens (tertiary/aromatic N) is 2. The zero-order chi connectivity index (χ0) is 16.3. The summed E-state index contributed by atoms with van der Waals surface area (Å²) >= 11 is 0.